The van der Waals surface area contributed by atoms with Crippen molar-refractivity contribution in [3.8, 4) is 0 Å². The van der Waals surface area contributed by atoms with E-state index in [0.717, 1.165) is 22.1 Å². The Morgan fingerprint density at radius 2 is 2.06 bits per heavy atom. The van der Waals surface area contributed by atoms with Crippen LogP contribution in [0.3, 0.4) is 0 Å². The zero-order chi connectivity index (χ0) is 13.2. The molecule has 18 heavy (non-hydrogen) atoms. The van der Waals surface area contributed by atoms with Crippen LogP contribution in [0.15, 0.2) is 0 Å². The van der Waals surface area contributed by atoms with E-state index >= 15 is 0 Å². The largest absolute Gasteiger partial charge is 0.383 e. The third-order valence-corrected chi connectivity index (χ3v) is 4.50. The summed E-state index contributed by atoms with van der Waals surface area (Å²) in [7, 11) is 0. The minimum atomic E-state index is -0.434. The highest BCUT2D eigenvalue weighted by Gasteiger charge is 2.38. The molecule has 2 N–H and O–H groups in total. The molecule has 1 aromatic rings. The average molecular weight is 363 g/mol. The molecule has 0 saturated carbocycles. The Morgan fingerprint density at radius 3 is 2.61 bits per heavy atom. The number of aromatic nitrogens is 2. The second-order valence-electron chi connectivity index (χ2n) is 4.37. The number of aryl methyl sites for hydroxylation is 1. The van der Waals surface area contributed by atoms with Crippen molar-refractivity contribution in [2.45, 2.75) is 32.3 Å². The summed E-state index contributed by atoms with van der Waals surface area (Å²) in [5.74, 6) is 1.23. The molecule has 0 radical (unpaired) electrons. The van der Waals surface area contributed by atoms with Gasteiger partial charge in [0.25, 0.3) is 0 Å². The summed E-state index contributed by atoms with van der Waals surface area (Å²) in [6.07, 6.45) is 1.56. The van der Waals surface area contributed by atoms with Gasteiger partial charge < -0.3 is 15.2 Å². The predicted molar refractivity (Wildman–Crippen MR) is 77.3 cm³/mol. The van der Waals surface area contributed by atoms with Crippen molar-refractivity contribution >= 4 is 28.4 Å². The van der Waals surface area contributed by atoms with Gasteiger partial charge in [0.1, 0.15) is 11.4 Å². The standard InChI is InChI=1S/C12H18IN3O2/c1-3-18-12(4-6-17-7-5-12)11-15-8(2)9(13)10(14)16-11/h3-7H2,1-2H3,(H2,14,15,16). The first-order valence-electron chi connectivity index (χ1n) is 6.11. The molecule has 2 heterocycles. The third-order valence-electron chi connectivity index (χ3n) is 3.17. The Kier molecular flexibility index (Phi) is 4.39. The number of halogens is 1. The maximum Gasteiger partial charge on any atom is 0.163 e. The predicted octanol–water partition coefficient (Wildman–Crippen LogP) is 2.01. The molecule has 5 nitrogen and oxygen atoms in total. The SMILES string of the molecule is CCOC1(c2nc(C)c(I)c(N)n2)CCOCC1. The highest BCUT2D eigenvalue weighted by atomic mass is 127. The van der Waals surface area contributed by atoms with Crippen LogP contribution in [-0.2, 0) is 15.1 Å². The van der Waals surface area contributed by atoms with E-state index < -0.39 is 5.60 Å². The summed E-state index contributed by atoms with van der Waals surface area (Å²) in [6.45, 7) is 5.92. The molecule has 0 aromatic carbocycles. The van der Waals surface area contributed by atoms with Crippen molar-refractivity contribution in [1.29, 1.82) is 0 Å². The lowest BCUT2D eigenvalue weighted by atomic mass is 9.92. The molecule has 1 aliphatic heterocycles. The summed E-state index contributed by atoms with van der Waals surface area (Å²) >= 11 is 2.17. The fraction of sp³-hybridized carbons (Fsp3) is 0.667. The van der Waals surface area contributed by atoms with Gasteiger partial charge in [0.05, 0.1) is 9.26 Å². The van der Waals surface area contributed by atoms with Crippen molar-refractivity contribution in [3.63, 3.8) is 0 Å². The Hall–Kier alpha value is -0.470. The molecule has 100 valence electrons. The van der Waals surface area contributed by atoms with Crippen LogP contribution < -0.4 is 5.73 Å². The first-order chi connectivity index (χ1) is 8.59. The average Bonchev–Trinajstić information content (AvgIpc) is 2.37. The molecule has 1 fully saturated rings. The van der Waals surface area contributed by atoms with Crippen molar-refractivity contribution in [1.82, 2.24) is 9.97 Å². The quantitative estimate of drug-likeness (QED) is 0.832. The topological polar surface area (TPSA) is 70.3 Å². The summed E-state index contributed by atoms with van der Waals surface area (Å²) in [5.41, 5.74) is 6.41. The van der Waals surface area contributed by atoms with Crippen molar-refractivity contribution < 1.29 is 9.47 Å². The summed E-state index contributed by atoms with van der Waals surface area (Å²) in [5, 5.41) is 0. The second-order valence-corrected chi connectivity index (χ2v) is 5.45. The van der Waals surface area contributed by atoms with Crippen molar-refractivity contribution in [2.24, 2.45) is 0 Å². The van der Waals surface area contributed by atoms with E-state index in [1.807, 2.05) is 13.8 Å². The van der Waals surface area contributed by atoms with E-state index in [4.69, 9.17) is 15.2 Å². The van der Waals surface area contributed by atoms with E-state index in [1.165, 1.54) is 0 Å². The van der Waals surface area contributed by atoms with E-state index in [9.17, 15) is 0 Å². The third kappa shape index (κ3) is 2.60. The molecule has 6 heteroatoms. The maximum atomic E-state index is 5.94. The van der Waals surface area contributed by atoms with Crippen LogP contribution in [0, 0.1) is 10.5 Å². The van der Waals surface area contributed by atoms with Gasteiger partial charge in [-0.05, 0) is 36.4 Å². The molecule has 0 bridgehead atoms. The Bertz CT molecular complexity index is 405. The Balaban J connectivity index is 2.42. The molecule has 0 spiro atoms. The lowest BCUT2D eigenvalue weighted by molar-refractivity contribution is -0.117. The number of rotatable bonds is 3. The van der Waals surface area contributed by atoms with Gasteiger partial charge in [0.15, 0.2) is 5.82 Å². The maximum absolute atomic E-state index is 5.94. The number of hydrogen-bond acceptors (Lipinski definition) is 5. The lowest BCUT2D eigenvalue weighted by Crippen LogP contribution is -2.38. The smallest absolute Gasteiger partial charge is 0.163 e. The number of hydrogen-bond donors (Lipinski definition) is 1. The van der Waals surface area contributed by atoms with Crippen LogP contribution >= 0.6 is 22.6 Å². The van der Waals surface area contributed by atoms with Gasteiger partial charge in [-0.3, -0.25) is 0 Å². The fourth-order valence-corrected chi connectivity index (χ4v) is 2.44. The zero-order valence-electron chi connectivity index (χ0n) is 10.7. The molecule has 0 aliphatic carbocycles. The van der Waals surface area contributed by atoms with Gasteiger partial charge in [-0.2, -0.15) is 0 Å². The zero-order valence-corrected chi connectivity index (χ0v) is 12.9. The Morgan fingerprint density at radius 1 is 1.39 bits per heavy atom. The van der Waals surface area contributed by atoms with Crippen LogP contribution in [0.2, 0.25) is 0 Å². The molecule has 1 aromatic heterocycles. The van der Waals surface area contributed by atoms with Gasteiger partial charge in [0, 0.05) is 32.7 Å². The van der Waals surface area contributed by atoms with Crippen LogP contribution in [0.4, 0.5) is 5.82 Å². The van der Waals surface area contributed by atoms with Crippen LogP contribution in [0.5, 0.6) is 0 Å². The fourth-order valence-electron chi connectivity index (χ4n) is 2.20. The molecular weight excluding hydrogens is 345 g/mol. The van der Waals surface area contributed by atoms with E-state index in [0.29, 0.717) is 31.5 Å². The number of ether oxygens (including phenoxy) is 2. The summed E-state index contributed by atoms with van der Waals surface area (Å²) in [4.78, 5) is 9.00. The minimum Gasteiger partial charge on any atom is -0.383 e. The number of nitrogens with zero attached hydrogens (tertiary/aromatic N) is 2. The van der Waals surface area contributed by atoms with Gasteiger partial charge in [-0.15, -0.1) is 0 Å². The van der Waals surface area contributed by atoms with Crippen LogP contribution in [-0.4, -0.2) is 29.8 Å². The van der Waals surface area contributed by atoms with Gasteiger partial charge in [-0.25, -0.2) is 9.97 Å². The summed E-state index contributed by atoms with van der Waals surface area (Å²) < 4.78 is 12.3. The minimum absolute atomic E-state index is 0.434. The molecule has 0 amide bonds. The molecule has 0 unspecified atom stereocenters. The van der Waals surface area contributed by atoms with Gasteiger partial charge >= 0.3 is 0 Å². The summed E-state index contributed by atoms with van der Waals surface area (Å²) in [6, 6.07) is 0. The van der Waals surface area contributed by atoms with Gasteiger partial charge in [0.2, 0.25) is 0 Å². The highest BCUT2D eigenvalue weighted by Crippen LogP contribution is 2.35. The number of anilines is 1. The molecule has 1 saturated heterocycles. The number of nitrogens with two attached hydrogens (primary N) is 1. The van der Waals surface area contributed by atoms with E-state index in [1.54, 1.807) is 0 Å². The second kappa shape index (κ2) is 5.66. The Labute approximate surface area is 121 Å². The molecular formula is C12H18IN3O2. The van der Waals surface area contributed by atoms with E-state index in [2.05, 4.69) is 32.6 Å². The first kappa shape index (κ1) is 14.0. The lowest BCUT2D eigenvalue weighted by Gasteiger charge is -2.35. The normalized spacial score (nSPS) is 18.8. The van der Waals surface area contributed by atoms with Gasteiger partial charge in [-0.1, -0.05) is 0 Å². The van der Waals surface area contributed by atoms with Crippen LogP contribution in [0.25, 0.3) is 0 Å². The van der Waals surface area contributed by atoms with E-state index in [-0.39, 0.29) is 0 Å². The van der Waals surface area contributed by atoms with Crippen LogP contribution in [0.1, 0.15) is 31.3 Å². The van der Waals surface area contributed by atoms with Crippen molar-refractivity contribution in [3.05, 3.63) is 15.1 Å². The highest BCUT2D eigenvalue weighted by molar-refractivity contribution is 14.1. The molecule has 1 aliphatic rings. The van der Waals surface area contributed by atoms with Crippen molar-refractivity contribution in [2.75, 3.05) is 25.6 Å². The number of nitrogen functional groups attached to an aromatic ring is 1. The monoisotopic (exact) mass is 363 g/mol. The molecule has 0 atom stereocenters. The first-order valence-corrected chi connectivity index (χ1v) is 7.19. The molecule has 2 rings (SSSR count).